The Kier molecular flexibility index (Phi) is 4.20. The fraction of sp³-hybridized carbons (Fsp3) is 0.214. The van der Waals surface area contributed by atoms with Crippen molar-refractivity contribution in [2.45, 2.75) is 13.3 Å². The van der Waals surface area contributed by atoms with E-state index in [2.05, 4.69) is 32.4 Å². The number of halogens is 1. The molecule has 2 rings (SSSR count). The summed E-state index contributed by atoms with van der Waals surface area (Å²) in [5.74, 6) is 0.263. The molecule has 1 N–H and O–H groups in total. The maximum atomic E-state index is 12.0. The molecule has 1 heterocycles. The highest BCUT2D eigenvalue weighted by atomic mass is 79.9. The number of aromatic nitrogens is 2. The monoisotopic (exact) mass is 332 g/mol. The molecule has 0 radical (unpaired) electrons. The number of nitriles is 1. The number of hydrogen-bond donors (Lipinski definition) is 1. The predicted molar refractivity (Wildman–Crippen MR) is 79.1 cm³/mol. The smallest absolute Gasteiger partial charge is 0.229 e. The number of carbonyl (C=O) groups is 1. The number of nitrogens with one attached hydrogen (secondary N) is 1. The summed E-state index contributed by atoms with van der Waals surface area (Å²) in [5.41, 5.74) is 1.91. The molecule has 5 nitrogen and oxygen atoms in total. The third-order valence-electron chi connectivity index (χ3n) is 2.87. The maximum Gasteiger partial charge on any atom is 0.229 e. The summed E-state index contributed by atoms with van der Waals surface area (Å²) in [4.78, 5) is 12.0. The molecule has 0 saturated carbocycles. The molecule has 0 aliphatic rings. The van der Waals surface area contributed by atoms with E-state index in [-0.39, 0.29) is 12.3 Å². The molecule has 2 aromatic rings. The SMILES string of the molecule is Cc1nn(C)c(NC(=O)Cc2ccc(Br)cc2)c1C#N. The first-order chi connectivity index (χ1) is 9.51. The van der Waals surface area contributed by atoms with Crippen LogP contribution in [-0.2, 0) is 18.3 Å². The van der Waals surface area contributed by atoms with Crippen LogP contribution in [0, 0.1) is 18.3 Å². The number of nitrogens with zero attached hydrogens (tertiary/aromatic N) is 3. The highest BCUT2D eigenvalue weighted by Crippen LogP contribution is 2.18. The first kappa shape index (κ1) is 14.3. The van der Waals surface area contributed by atoms with Gasteiger partial charge in [0, 0.05) is 11.5 Å². The highest BCUT2D eigenvalue weighted by molar-refractivity contribution is 9.10. The standard InChI is InChI=1S/C14H13BrN4O/c1-9-12(8-16)14(19(2)18-9)17-13(20)7-10-3-5-11(15)6-4-10/h3-6H,7H2,1-2H3,(H,17,20). The summed E-state index contributed by atoms with van der Waals surface area (Å²) in [6.07, 6.45) is 0.252. The lowest BCUT2D eigenvalue weighted by Crippen LogP contribution is -2.17. The molecular formula is C14H13BrN4O. The Bertz CT molecular complexity index is 682. The van der Waals surface area contributed by atoms with Gasteiger partial charge in [-0.25, -0.2) is 0 Å². The molecule has 0 bridgehead atoms. The Morgan fingerprint density at radius 3 is 2.70 bits per heavy atom. The van der Waals surface area contributed by atoms with Gasteiger partial charge in [-0.1, -0.05) is 28.1 Å². The average molecular weight is 333 g/mol. The topological polar surface area (TPSA) is 70.7 Å². The molecule has 1 amide bonds. The molecule has 1 aromatic carbocycles. The lowest BCUT2D eigenvalue weighted by molar-refractivity contribution is -0.115. The number of carbonyl (C=O) groups excluding carboxylic acids is 1. The van der Waals surface area contributed by atoms with Gasteiger partial charge in [0.1, 0.15) is 17.5 Å². The Morgan fingerprint density at radius 2 is 2.10 bits per heavy atom. The fourth-order valence-electron chi connectivity index (χ4n) is 1.90. The molecule has 0 unspecified atom stereocenters. The molecule has 1 aromatic heterocycles. The minimum Gasteiger partial charge on any atom is -0.310 e. The molecule has 20 heavy (non-hydrogen) atoms. The van der Waals surface area contributed by atoms with E-state index in [0.717, 1.165) is 10.0 Å². The summed E-state index contributed by atoms with van der Waals surface area (Å²) >= 11 is 3.35. The summed E-state index contributed by atoms with van der Waals surface area (Å²) < 4.78 is 2.48. The second-order valence-corrected chi connectivity index (χ2v) is 5.31. The second-order valence-electron chi connectivity index (χ2n) is 4.40. The van der Waals surface area contributed by atoms with Gasteiger partial charge in [-0.15, -0.1) is 0 Å². The lowest BCUT2D eigenvalue weighted by Gasteiger charge is -2.06. The van der Waals surface area contributed by atoms with E-state index >= 15 is 0 Å². The highest BCUT2D eigenvalue weighted by Gasteiger charge is 2.15. The Hall–Kier alpha value is -2.13. The van der Waals surface area contributed by atoms with Gasteiger partial charge in [0.15, 0.2) is 0 Å². The lowest BCUT2D eigenvalue weighted by atomic mass is 10.1. The first-order valence-electron chi connectivity index (χ1n) is 5.99. The van der Waals surface area contributed by atoms with Gasteiger partial charge in [0.05, 0.1) is 12.1 Å². The van der Waals surface area contributed by atoms with Crippen molar-refractivity contribution in [1.29, 1.82) is 5.26 Å². The number of rotatable bonds is 3. The van der Waals surface area contributed by atoms with Crippen molar-refractivity contribution in [3.05, 3.63) is 45.6 Å². The van der Waals surface area contributed by atoms with Crippen LogP contribution in [0.1, 0.15) is 16.8 Å². The van der Waals surface area contributed by atoms with Crippen molar-refractivity contribution in [2.75, 3.05) is 5.32 Å². The summed E-state index contributed by atoms with van der Waals surface area (Å²) in [6, 6.07) is 9.59. The van der Waals surface area contributed by atoms with Crippen LogP contribution in [0.3, 0.4) is 0 Å². The van der Waals surface area contributed by atoms with Gasteiger partial charge in [0.25, 0.3) is 0 Å². The molecule has 0 fully saturated rings. The van der Waals surface area contributed by atoms with Crippen LogP contribution >= 0.6 is 15.9 Å². The van der Waals surface area contributed by atoms with Crippen molar-refractivity contribution < 1.29 is 4.79 Å². The number of benzene rings is 1. The Labute approximate surface area is 125 Å². The van der Waals surface area contributed by atoms with E-state index in [0.29, 0.717) is 17.1 Å². The second kappa shape index (κ2) is 5.88. The zero-order valence-electron chi connectivity index (χ0n) is 11.1. The number of hydrogen-bond acceptors (Lipinski definition) is 3. The summed E-state index contributed by atoms with van der Waals surface area (Å²) in [7, 11) is 1.70. The molecule has 0 aliphatic heterocycles. The Balaban J connectivity index is 2.13. The number of amides is 1. The minimum absolute atomic E-state index is 0.174. The number of aryl methyl sites for hydroxylation is 2. The van der Waals surface area contributed by atoms with E-state index in [1.807, 2.05) is 24.3 Å². The van der Waals surface area contributed by atoms with Gasteiger partial charge < -0.3 is 5.32 Å². The molecule has 6 heteroatoms. The van der Waals surface area contributed by atoms with E-state index in [9.17, 15) is 4.79 Å². The molecular weight excluding hydrogens is 320 g/mol. The van der Waals surface area contributed by atoms with E-state index in [1.54, 1.807) is 14.0 Å². The van der Waals surface area contributed by atoms with Gasteiger partial charge in [-0.3, -0.25) is 9.48 Å². The number of anilines is 1. The Morgan fingerprint density at radius 1 is 1.45 bits per heavy atom. The third kappa shape index (κ3) is 3.06. The van der Waals surface area contributed by atoms with E-state index in [1.165, 1.54) is 4.68 Å². The van der Waals surface area contributed by atoms with E-state index in [4.69, 9.17) is 5.26 Å². The molecule has 102 valence electrons. The minimum atomic E-state index is -0.174. The van der Waals surface area contributed by atoms with Crippen LogP contribution in [0.2, 0.25) is 0 Å². The van der Waals surface area contributed by atoms with Crippen molar-refractivity contribution in [2.24, 2.45) is 7.05 Å². The molecule has 0 saturated heterocycles. The predicted octanol–water partition coefficient (Wildman–Crippen LogP) is 2.54. The van der Waals surface area contributed by atoms with Gasteiger partial charge in [-0.2, -0.15) is 10.4 Å². The average Bonchev–Trinajstić information content (AvgIpc) is 2.66. The van der Waals surface area contributed by atoms with Crippen LogP contribution in [0.25, 0.3) is 0 Å². The molecule has 0 aliphatic carbocycles. The quantitative estimate of drug-likeness (QED) is 0.938. The summed E-state index contributed by atoms with van der Waals surface area (Å²) in [5, 5.41) is 16.0. The zero-order chi connectivity index (χ0) is 14.7. The van der Waals surface area contributed by atoms with Crippen LogP contribution < -0.4 is 5.32 Å². The molecule has 0 spiro atoms. The van der Waals surface area contributed by atoms with Gasteiger partial charge in [0.2, 0.25) is 5.91 Å². The first-order valence-corrected chi connectivity index (χ1v) is 6.78. The fourth-order valence-corrected chi connectivity index (χ4v) is 2.16. The van der Waals surface area contributed by atoms with E-state index < -0.39 is 0 Å². The van der Waals surface area contributed by atoms with Crippen LogP contribution in [0.15, 0.2) is 28.7 Å². The molecule has 0 atom stereocenters. The van der Waals surface area contributed by atoms with Gasteiger partial charge >= 0.3 is 0 Å². The third-order valence-corrected chi connectivity index (χ3v) is 3.40. The van der Waals surface area contributed by atoms with Crippen molar-refractivity contribution in [3.8, 4) is 6.07 Å². The maximum absolute atomic E-state index is 12.0. The van der Waals surface area contributed by atoms with Crippen LogP contribution in [-0.4, -0.2) is 15.7 Å². The van der Waals surface area contributed by atoms with Crippen molar-refractivity contribution in [1.82, 2.24) is 9.78 Å². The zero-order valence-corrected chi connectivity index (χ0v) is 12.7. The van der Waals surface area contributed by atoms with Crippen molar-refractivity contribution >= 4 is 27.7 Å². The van der Waals surface area contributed by atoms with Crippen molar-refractivity contribution in [3.63, 3.8) is 0 Å². The summed E-state index contributed by atoms with van der Waals surface area (Å²) in [6.45, 7) is 1.74. The largest absolute Gasteiger partial charge is 0.310 e. The van der Waals surface area contributed by atoms with Crippen LogP contribution in [0.5, 0.6) is 0 Å². The normalized spacial score (nSPS) is 10.1. The van der Waals surface area contributed by atoms with Crippen LogP contribution in [0.4, 0.5) is 5.82 Å². The van der Waals surface area contributed by atoms with Gasteiger partial charge in [-0.05, 0) is 24.6 Å².